The van der Waals surface area contributed by atoms with Gasteiger partial charge in [0, 0.05) is 22.6 Å². The minimum Gasteiger partial charge on any atom is -0.480 e. The number of carboxylic acids is 1. The molecular formula is C37H41Cl2F3N7O13PS. The molecule has 6 N–H and O–H groups in total. The number of nitrogens with one attached hydrogen (secondary N) is 3. The molecule has 0 spiro atoms. The normalized spacial score (nSPS) is 14.1. The van der Waals surface area contributed by atoms with Gasteiger partial charge in [0.15, 0.2) is 0 Å². The van der Waals surface area contributed by atoms with Crippen molar-refractivity contribution in [2.75, 3.05) is 36.8 Å². The third-order valence-corrected chi connectivity index (χ3v) is 11.0. The Hall–Kier alpha value is -5.49. The molecule has 0 unspecified atom stereocenters. The average Bonchev–Trinajstić information content (AvgIpc) is 3.45. The van der Waals surface area contributed by atoms with E-state index in [9.17, 15) is 50.1 Å². The number of carbonyl (C=O) groups is 5. The number of alkyl halides is 3. The first-order valence-corrected chi connectivity index (χ1v) is 22.6. The molecule has 2 aliphatic rings. The molecule has 348 valence electrons. The van der Waals surface area contributed by atoms with Crippen LogP contribution in [0.2, 0.25) is 5.02 Å². The lowest BCUT2D eigenvalue weighted by Gasteiger charge is -2.16. The van der Waals surface area contributed by atoms with Crippen LogP contribution in [-0.2, 0) is 44.9 Å². The van der Waals surface area contributed by atoms with Gasteiger partial charge in [0.2, 0.25) is 5.95 Å². The minimum absolute atomic E-state index is 0.0715. The van der Waals surface area contributed by atoms with Crippen molar-refractivity contribution in [2.45, 2.75) is 63.4 Å². The van der Waals surface area contributed by atoms with Crippen molar-refractivity contribution in [3.63, 3.8) is 0 Å². The molecule has 3 aromatic rings. The predicted octanol–water partition coefficient (Wildman–Crippen LogP) is 5.22. The molecule has 1 aromatic heterocycles. The lowest BCUT2D eigenvalue weighted by Crippen LogP contribution is -2.35. The van der Waals surface area contributed by atoms with Gasteiger partial charge < -0.3 is 24.4 Å². The molecule has 4 amide bonds. The monoisotopic (exact) mass is 981 g/mol. The molecule has 20 nitrogen and oxygen atoms in total. The molecule has 64 heavy (non-hydrogen) atoms. The number of carbonyl (C=O) groups excluding carboxylic acids is 4. The third-order valence-electron chi connectivity index (χ3n) is 8.28. The zero-order valence-corrected chi connectivity index (χ0v) is 37.2. The Morgan fingerprint density at radius 2 is 1.64 bits per heavy atom. The molecular weight excluding hydrogens is 941 g/mol. The second-order valence-electron chi connectivity index (χ2n) is 13.1. The van der Waals surface area contributed by atoms with E-state index in [1.165, 1.54) is 43.2 Å². The van der Waals surface area contributed by atoms with Crippen LogP contribution in [0.3, 0.4) is 0 Å². The Labute approximate surface area is 373 Å². The smallest absolute Gasteiger partial charge is 0.389 e. The van der Waals surface area contributed by atoms with Gasteiger partial charge in [-0.05, 0) is 87.4 Å². The standard InChI is InChI=1S/C19H17Cl2NO4.C15H16F3N5O4S.C3H8NO5P/c1-2-26-19(25)16(21)10-11-9-12(7-8-15(11)20)22-17(23)13-5-3-4-6-14(13)18(22)24;1-9-19-12(22-14(20-9)27-2)21-13(24)23-28(25,26)11-6-4-3-5-10(11)7-8-15(16,17)18;5-3(6)1-4-2-10(7,8)9/h7-10H,2-6H2,1H3;3-6H,7-8H2,1-2H3,(H2,19,20,21,22,23,24);4H,1-2H2,(H,5,6)(H2,7,8,9)/b16-10-;;. The number of aromatic nitrogens is 3. The van der Waals surface area contributed by atoms with Crippen molar-refractivity contribution in [1.29, 1.82) is 0 Å². The molecule has 1 aliphatic heterocycles. The van der Waals surface area contributed by atoms with Crippen LogP contribution in [-0.4, -0.2) is 101 Å². The highest BCUT2D eigenvalue weighted by Crippen LogP contribution is 2.37. The van der Waals surface area contributed by atoms with Gasteiger partial charge in [-0.2, -0.15) is 28.1 Å². The Bertz CT molecular complexity index is 2440. The van der Waals surface area contributed by atoms with Crippen LogP contribution in [0.25, 0.3) is 6.08 Å². The van der Waals surface area contributed by atoms with Gasteiger partial charge in [-0.15, -0.1) is 0 Å². The van der Waals surface area contributed by atoms with Gasteiger partial charge in [0.25, 0.3) is 21.8 Å². The summed E-state index contributed by atoms with van der Waals surface area (Å²) >= 11 is 12.1. The minimum atomic E-state index is -4.45. The number of amides is 4. The fraction of sp³-hybridized carbons (Fsp3) is 0.351. The van der Waals surface area contributed by atoms with Crippen LogP contribution < -0.4 is 25.0 Å². The number of sulfonamides is 1. The highest BCUT2D eigenvalue weighted by Gasteiger charge is 2.40. The number of aliphatic carboxylic acids is 1. The highest BCUT2D eigenvalue weighted by molar-refractivity contribution is 7.90. The number of ether oxygens (including phenoxy) is 2. The van der Waals surface area contributed by atoms with E-state index in [0.717, 1.165) is 18.9 Å². The largest absolute Gasteiger partial charge is 0.480 e. The van der Waals surface area contributed by atoms with Gasteiger partial charge in [-0.1, -0.05) is 41.4 Å². The van der Waals surface area contributed by atoms with Crippen molar-refractivity contribution < 1.29 is 74.5 Å². The van der Waals surface area contributed by atoms with Gasteiger partial charge in [0.1, 0.15) is 10.9 Å². The number of imide groups is 1. The molecule has 0 bridgehead atoms. The molecule has 2 aromatic carbocycles. The third kappa shape index (κ3) is 16.6. The van der Waals surface area contributed by atoms with Gasteiger partial charge in [-0.3, -0.25) is 29.6 Å². The molecule has 5 rings (SSSR count). The van der Waals surface area contributed by atoms with E-state index in [2.05, 4.69) is 25.6 Å². The molecule has 0 saturated carbocycles. The first kappa shape index (κ1) is 52.9. The van der Waals surface area contributed by atoms with Crippen molar-refractivity contribution in [1.82, 2.24) is 25.0 Å². The van der Waals surface area contributed by atoms with E-state index in [1.807, 2.05) is 0 Å². The number of rotatable bonds is 14. The summed E-state index contributed by atoms with van der Waals surface area (Å²) in [6, 6.07) is 8.55. The highest BCUT2D eigenvalue weighted by atomic mass is 35.5. The van der Waals surface area contributed by atoms with Crippen LogP contribution in [0.4, 0.5) is 29.6 Å². The summed E-state index contributed by atoms with van der Waals surface area (Å²) in [6.45, 7) is 2.94. The summed E-state index contributed by atoms with van der Waals surface area (Å²) in [5.41, 5.74) is 1.97. The number of esters is 1. The summed E-state index contributed by atoms with van der Waals surface area (Å²) in [7, 11) is -7.24. The maximum atomic E-state index is 12.7. The van der Waals surface area contributed by atoms with Crippen molar-refractivity contribution in [2.24, 2.45) is 0 Å². The maximum Gasteiger partial charge on any atom is 0.389 e. The van der Waals surface area contributed by atoms with E-state index in [-0.39, 0.29) is 46.8 Å². The number of halogens is 5. The number of benzene rings is 2. The van der Waals surface area contributed by atoms with Crippen LogP contribution >= 0.6 is 30.8 Å². The van der Waals surface area contributed by atoms with Crippen LogP contribution in [0.15, 0.2) is 63.5 Å². The number of urea groups is 1. The number of nitrogens with zero attached hydrogens (tertiary/aromatic N) is 4. The van der Waals surface area contributed by atoms with Crippen LogP contribution in [0.1, 0.15) is 56.0 Å². The Morgan fingerprint density at radius 1 is 1.02 bits per heavy atom. The zero-order valence-electron chi connectivity index (χ0n) is 33.9. The van der Waals surface area contributed by atoms with E-state index in [0.29, 0.717) is 40.3 Å². The Kier molecular flexibility index (Phi) is 19.4. The SMILES string of the molecule is CCOC(=O)/C(Cl)=C/c1cc(N2C(=O)C3=C(CCCC3)C2=O)ccc1Cl.COc1nc(C)nc(NC(=O)NS(=O)(=O)c2ccccc2CCC(F)(F)F)n1.O=C(O)CNCP(=O)(O)O. The van der Waals surface area contributed by atoms with Crippen LogP contribution in [0, 0.1) is 6.92 Å². The number of carboxylic acid groups (broad SMARTS) is 1. The summed E-state index contributed by atoms with van der Waals surface area (Å²) in [6.07, 6.45) is -2.34. The van der Waals surface area contributed by atoms with E-state index in [1.54, 1.807) is 29.8 Å². The van der Waals surface area contributed by atoms with Gasteiger partial charge in [0.05, 0.1) is 37.1 Å². The van der Waals surface area contributed by atoms with Crippen molar-refractivity contribution in [3.8, 4) is 6.01 Å². The first-order valence-electron chi connectivity index (χ1n) is 18.5. The summed E-state index contributed by atoms with van der Waals surface area (Å²) in [4.78, 5) is 87.2. The number of anilines is 2. The summed E-state index contributed by atoms with van der Waals surface area (Å²) in [5.74, 6) is -2.42. The number of hydrogen-bond acceptors (Lipinski definition) is 14. The van der Waals surface area contributed by atoms with Gasteiger partial charge in [-0.25, -0.2) is 27.6 Å². The predicted molar refractivity (Wildman–Crippen MR) is 224 cm³/mol. The molecule has 1 aliphatic carbocycles. The molecule has 27 heteroatoms. The second kappa shape index (κ2) is 23.4. The fourth-order valence-electron chi connectivity index (χ4n) is 5.62. The summed E-state index contributed by atoms with van der Waals surface area (Å²) in [5, 5.41) is 12.4. The Morgan fingerprint density at radius 3 is 2.20 bits per heavy atom. The fourth-order valence-corrected chi connectivity index (χ4v) is 7.54. The number of methoxy groups -OCH3 is 1. The molecule has 0 fully saturated rings. The summed E-state index contributed by atoms with van der Waals surface area (Å²) < 4.78 is 83.7. The molecule has 0 radical (unpaired) electrons. The first-order chi connectivity index (χ1) is 29.8. The molecule has 0 saturated heterocycles. The lowest BCUT2D eigenvalue weighted by atomic mass is 9.93. The zero-order chi connectivity index (χ0) is 48.0. The number of aryl methyl sites for hydroxylation is 2. The molecule has 0 atom stereocenters. The Balaban J connectivity index is 0.000000282. The lowest BCUT2D eigenvalue weighted by molar-refractivity contribution is -0.138. The van der Waals surface area contributed by atoms with Gasteiger partial charge >= 0.3 is 37.8 Å². The quantitative estimate of drug-likeness (QED) is 0.0522. The van der Waals surface area contributed by atoms with E-state index >= 15 is 0 Å². The van der Waals surface area contributed by atoms with Crippen LogP contribution in [0.5, 0.6) is 6.01 Å². The maximum absolute atomic E-state index is 12.7. The topological polar surface area (TPSA) is 294 Å². The molecule has 2 heterocycles. The average molecular weight is 983 g/mol. The number of hydrogen-bond donors (Lipinski definition) is 6. The second-order valence-corrected chi connectivity index (χ2v) is 17.3. The van der Waals surface area contributed by atoms with Crippen molar-refractivity contribution >= 4 is 88.3 Å². The van der Waals surface area contributed by atoms with E-state index in [4.69, 9.17) is 47.6 Å². The van der Waals surface area contributed by atoms with E-state index < -0.39 is 72.3 Å². The van der Waals surface area contributed by atoms with Crippen molar-refractivity contribution in [3.05, 3.63) is 80.6 Å².